The lowest BCUT2D eigenvalue weighted by atomic mass is 9.96. The highest BCUT2D eigenvalue weighted by Gasteiger charge is 2.26. The molecule has 0 aliphatic carbocycles. The summed E-state index contributed by atoms with van der Waals surface area (Å²) in [6.07, 6.45) is 0.774. The minimum atomic E-state index is -0.306. The molecule has 3 rings (SSSR count). The predicted molar refractivity (Wildman–Crippen MR) is 94.5 cm³/mol. The van der Waals surface area contributed by atoms with Gasteiger partial charge in [0.25, 0.3) is 0 Å². The molecular formula is C20H21NO4. The summed E-state index contributed by atoms with van der Waals surface area (Å²) in [4.78, 5) is 24.4. The predicted octanol–water partition coefficient (Wildman–Crippen LogP) is 2.98. The van der Waals surface area contributed by atoms with Gasteiger partial charge in [-0.05, 0) is 36.6 Å². The third-order valence-electron chi connectivity index (χ3n) is 4.17. The average molecular weight is 339 g/mol. The average Bonchev–Trinajstić information content (AvgIpc) is 2.63. The minimum Gasteiger partial charge on any atom is -0.492 e. The lowest BCUT2D eigenvalue weighted by Crippen LogP contribution is -2.32. The van der Waals surface area contributed by atoms with Crippen LogP contribution < -0.4 is 10.1 Å². The lowest BCUT2D eigenvalue weighted by molar-refractivity contribution is -0.142. The SMILES string of the molecule is CCOC(=O)Cc1ccccc1NC(=O)C1COc2ccccc2C1. The van der Waals surface area contributed by atoms with Gasteiger partial charge in [0.1, 0.15) is 12.4 Å². The highest BCUT2D eigenvalue weighted by Crippen LogP contribution is 2.28. The van der Waals surface area contributed by atoms with E-state index in [-0.39, 0.29) is 24.2 Å². The Morgan fingerprint density at radius 3 is 2.76 bits per heavy atom. The van der Waals surface area contributed by atoms with E-state index in [1.54, 1.807) is 13.0 Å². The van der Waals surface area contributed by atoms with Gasteiger partial charge < -0.3 is 14.8 Å². The Kier molecular flexibility index (Phi) is 5.33. The molecular weight excluding hydrogens is 318 g/mol. The van der Waals surface area contributed by atoms with Crippen LogP contribution >= 0.6 is 0 Å². The Hall–Kier alpha value is -2.82. The quantitative estimate of drug-likeness (QED) is 0.851. The molecule has 2 aromatic carbocycles. The van der Waals surface area contributed by atoms with Crippen LogP contribution in [0.2, 0.25) is 0 Å². The number of para-hydroxylation sites is 2. The van der Waals surface area contributed by atoms with Crippen molar-refractivity contribution in [3.8, 4) is 5.75 Å². The zero-order valence-electron chi connectivity index (χ0n) is 14.2. The number of fused-ring (bicyclic) bond motifs is 1. The maximum absolute atomic E-state index is 12.6. The van der Waals surface area contributed by atoms with Crippen LogP contribution in [0.4, 0.5) is 5.69 Å². The molecule has 2 aromatic rings. The maximum Gasteiger partial charge on any atom is 0.310 e. The first-order valence-corrected chi connectivity index (χ1v) is 8.42. The molecule has 0 saturated carbocycles. The van der Waals surface area contributed by atoms with Crippen LogP contribution in [0.25, 0.3) is 0 Å². The van der Waals surface area contributed by atoms with E-state index < -0.39 is 0 Å². The number of hydrogen-bond acceptors (Lipinski definition) is 4. The first-order chi connectivity index (χ1) is 12.2. The van der Waals surface area contributed by atoms with E-state index in [0.29, 0.717) is 25.3 Å². The van der Waals surface area contributed by atoms with Gasteiger partial charge in [-0.1, -0.05) is 36.4 Å². The van der Waals surface area contributed by atoms with Crippen molar-refractivity contribution in [2.45, 2.75) is 19.8 Å². The third-order valence-corrected chi connectivity index (χ3v) is 4.17. The molecule has 1 heterocycles. The summed E-state index contributed by atoms with van der Waals surface area (Å²) < 4.78 is 10.7. The van der Waals surface area contributed by atoms with Crippen LogP contribution in [0.5, 0.6) is 5.75 Å². The standard InChI is InChI=1S/C20H21NO4/c1-2-24-19(22)12-14-7-3-5-9-17(14)21-20(23)16-11-15-8-4-6-10-18(15)25-13-16/h3-10,16H,2,11-13H2,1H3,(H,21,23). The van der Waals surface area contributed by atoms with Crippen LogP contribution in [-0.4, -0.2) is 25.1 Å². The number of nitrogens with one attached hydrogen (secondary N) is 1. The number of hydrogen-bond donors (Lipinski definition) is 1. The van der Waals surface area contributed by atoms with E-state index in [9.17, 15) is 9.59 Å². The second kappa shape index (κ2) is 7.83. The van der Waals surface area contributed by atoms with Crippen molar-refractivity contribution in [1.29, 1.82) is 0 Å². The molecule has 0 aromatic heterocycles. The monoisotopic (exact) mass is 339 g/mol. The number of carbonyl (C=O) groups is 2. The topological polar surface area (TPSA) is 64.6 Å². The lowest BCUT2D eigenvalue weighted by Gasteiger charge is -2.24. The molecule has 0 radical (unpaired) electrons. The highest BCUT2D eigenvalue weighted by atomic mass is 16.5. The number of amides is 1. The fraction of sp³-hybridized carbons (Fsp3) is 0.300. The number of benzene rings is 2. The Labute approximate surface area is 147 Å². The Balaban J connectivity index is 1.68. The van der Waals surface area contributed by atoms with Crippen LogP contribution in [0.1, 0.15) is 18.1 Å². The summed E-state index contributed by atoms with van der Waals surface area (Å²) in [5.74, 6) is 0.171. The van der Waals surface area contributed by atoms with Crippen molar-refractivity contribution >= 4 is 17.6 Å². The smallest absolute Gasteiger partial charge is 0.310 e. The molecule has 130 valence electrons. The number of ether oxygens (including phenoxy) is 2. The van der Waals surface area contributed by atoms with Crippen LogP contribution in [0, 0.1) is 5.92 Å². The molecule has 1 aliphatic heterocycles. The molecule has 0 fully saturated rings. The van der Waals surface area contributed by atoms with Crippen molar-refractivity contribution in [2.24, 2.45) is 5.92 Å². The van der Waals surface area contributed by atoms with E-state index >= 15 is 0 Å². The second-order valence-electron chi connectivity index (χ2n) is 5.95. The van der Waals surface area contributed by atoms with E-state index in [0.717, 1.165) is 16.9 Å². The van der Waals surface area contributed by atoms with Gasteiger partial charge in [-0.15, -0.1) is 0 Å². The van der Waals surface area contributed by atoms with Crippen molar-refractivity contribution < 1.29 is 19.1 Å². The fourth-order valence-corrected chi connectivity index (χ4v) is 2.90. The minimum absolute atomic E-state index is 0.106. The summed E-state index contributed by atoms with van der Waals surface area (Å²) in [6.45, 7) is 2.46. The third kappa shape index (κ3) is 4.18. The highest BCUT2D eigenvalue weighted by molar-refractivity contribution is 5.94. The second-order valence-corrected chi connectivity index (χ2v) is 5.95. The van der Waals surface area contributed by atoms with Crippen molar-refractivity contribution in [3.05, 3.63) is 59.7 Å². The first kappa shape index (κ1) is 17.0. The van der Waals surface area contributed by atoms with E-state index in [1.807, 2.05) is 42.5 Å². The Morgan fingerprint density at radius 1 is 1.16 bits per heavy atom. The molecule has 5 nitrogen and oxygen atoms in total. The fourth-order valence-electron chi connectivity index (χ4n) is 2.90. The molecule has 1 unspecified atom stereocenters. The Bertz CT molecular complexity index is 772. The summed E-state index contributed by atoms with van der Waals surface area (Å²) in [6, 6.07) is 15.0. The van der Waals surface area contributed by atoms with E-state index in [2.05, 4.69) is 5.32 Å². The van der Waals surface area contributed by atoms with Gasteiger partial charge in [-0.2, -0.15) is 0 Å². The molecule has 1 aliphatic rings. The molecule has 1 amide bonds. The largest absolute Gasteiger partial charge is 0.492 e. The van der Waals surface area contributed by atoms with Gasteiger partial charge in [-0.3, -0.25) is 9.59 Å². The number of anilines is 1. The molecule has 1 N–H and O–H groups in total. The van der Waals surface area contributed by atoms with Crippen LogP contribution in [0.15, 0.2) is 48.5 Å². The number of carbonyl (C=O) groups excluding carboxylic acids is 2. The summed E-state index contributed by atoms with van der Waals surface area (Å²) in [7, 11) is 0. The molecule has 0 bridgehead atoms. The van der Waals surface area contributed by atoms with Crippen molar-refractivity contribution in [3.63, 3.8) is 0 Å². The number of esters is 1. The van der Waals surface area contributed by atoms with Crippen LogP contribution in [0.3, 0.4) is 0 Å². The van der Waals surface area contributed by atoms with Gasteiger partial charge >= 0.3 is 5.97 Å². The van der Waals surface area contributed by atoms with Gasteiger partial charge in [-0.25, -0.2) is 0 Å². The molecule has 0 spiro atoms. The molecule has 25 heavy (non-hydrogen) atoms. The van der Waals surface area contributed by atoms with Gasteiger partial charge in [0, 0.05) is 5.69 Å². The zero-order chi connectivity index (χ0) is 17.6. The van der Waals surface area contributed by atoms with E-state index in [1.165, 1.54) is 0 Å². The van der Waals surface area contributed by atoms with Gasteiger partial charge in [0.05, 0.1) is 18.9 Å². The maximum atomic E-state index is 12.6. The zero-order valence-corrected chi connectivity index (χ0v) is 14.2. The Morgan fingerprint density at radius 2 is 1.92 bits per heavy atom. The normalized spacial score (nSPS) is 15.6. The van der Waals surface area contributed by atoms with Crippen molar-refractivity contribution in [1.82, 2.24) is 0 Å². The van der Waals surface area contributed by atoms with Crippen molar-refractivity contribution in [2.75, 3.05) is 18.5 Å². The van der Waals surface area contributed by atoms with E-state index in [4.69, 9.17) is 9.47 Å². The first-order valence-electron chi connectivity index (χ1n) is 8.42. The molecule has 0 saturated heterocycles. The van der Waals surface area contributed by atoms with Gasteiger partial charge in [0.2, 0.25) is 5.91 Å². The molecule has 1 atom stereocenters. The van der Waals surface area contributed by atoms with Crippen LogP contribution in [-0.2, 0) is 27.2 Å². The van der Waals surface area contributed by atoms with Gasteiger partial charge in [0.15, 0.2) is 0 Å². The molecule has 5 heteroatoms. The number of rotatable bonds is 5. The summed E-state index contributed by atoms with van der Waals surface area (Å²) >= 11 is 0. The summed E-state index contributed by atoms with van der Waals surface area (Å²) in [5, 5.41) is 2.93. The summed E-state index contributed by atoms with van der Waals surface area (Å²) in [5.41, 5.74) is 2.42.